The molecule has 3 aromatic carbocycles. The molecule has 0 aliphatic heterocycles. The number of benzene rings is 3. The maximum absolute atomic E-state index is 6.24. The van der Waals surface area contributed by atoms with Gasteiger partial charge in [0.2, 0.25) is 0 Å². The molecule has 37 heavy (non-hydrogen) atoms. The van der Waals surface area contributed by atoms with Gasteiger partial charge in [-0.25, -0.2) is 0 Å². The molecule has 0 spiro atoms. The lowest BCUT2D eigenvalue weighted by atomic mass is 9.95. The Balaban J connectivity index is 1.73. The second-order valence-corrected chi connectivity index (χ2v) is 13.2. The van der Waals surface area contributed by atoms with Gasteiger partial charge in [0.05, 0.1) is 32.5 Å². The van der Waals surface area contributed by atoms with Crippen molar-refractivity contribution in [2.45, 2.75) is 75.5 Å². The highest BCUT2D eigenvalue weighted by Crippen LogP contribution is 2.58. The molecule has 0 amide bonds. The fraction of sp³-hybridized carbons (Fsp3) is 0.455. The van der Waals surface area contributed by atoms with Crippen molar-refractivity contribution in [2.75, 3.05) is 21.3 Å². The van der Waals surface area contributed by atoms with Crippen LogP contribution in [0.25, 0.3) is 22.3 Å². The fourth-order valence-electron chi connectivity index (χ4n) is 6.59. The lowest BCUT2D eigenvalue weighted by Gasteiger charge is -2.39. The van der Waals surface area contributed by atoms with Gasteiger partial charge < -0.3 is 14.2 Å². The molecular weight excluding hydrogens is 475 g/mol. The minimum Gasteiger partial charge on any atom is -0.496 e. The van der Waals surface area contributed by atoms with E-state index in [1.807, 2.05) is 12.1 Å². The largest absolute Gasteiger partial charge is 0.496 e. The molecule has 0 radical (unpaired) electrons. The first-order valence-corrected chi connectivity index (χ1v) is 15.5. The van der Waals surface area contributed by atoms with E-state index < -0.39 is 0 Å². The van der Waals surface area contributed by atoms with Gasteiger partial charge >= 0.3 is 0 Å². The zero-order valence-corrected chi connectivity index (χ0v) is 23.6. The van der Waals surface area contributed by atoms with E-state index >= 15 is 0 Å². The average molecular weight is 517 g/mol. The molecule has 0 saturated heterocycles. The first-order valence-electron chi connectivity index (χ1n) is 14.0. The van der Waals surface area contributed by atoms with Gasteiger partial charge in [-0.3, -0.25) is 0 Å². The third-order valence-corrected chi connectivity index (χ3v) is 11.9. The van der Waals surface area contributed by atoms with E-state index in [0.717, 1.165) is 45.3 Å². The number of hydrogen-bond donors (Lipinski definition) is 0. The van der Waals surface area contributed by atoms with Crippen LogP contribution in [0.3, 0.4) is 0 Å². The summed E-state index contributed by atoms with van der Waals surface area (Å²) >= 11 is 0. The Morgan fingerprint density at radius 2 is 1.14 bits per heavy atom. The summed E-state index contributed by atoms with van der Waals surface area (Å²) in [6, 6.07) is 21.6. The Bertz CT molecular complexity index is 1150. The molecule has 3 aromatic rings. The molecule has 196 valence electrons. The summed E-state index contributed by atoms with van der Waals surface area (Å²) in [7, 11) is 4.97. The van der Waals surface area contributed by atoms with Gasteiger partial charge in [0.1, 0.15) is 17.2 Å². The SMILES string of the molecule is COc1cc(OC)c(-c2ccccc2P(C2CCCCC2)C2CCCCC2)c(OC)c1-c1ccccc1. The lowest BCUT2D eigenvalue weighted by molar-refractivity contribution is 0.380. The van der Waals surface area contributed by atoms with Crippen molar-refractivity contribution in [1.82, 2.24) is 0 Å². The van der Waals surface area contributed by atoms with Crippen LogP contribution in [0.5, 0.6) is 17.2 Å². The highest BCUT2D eigenvalue weighted by atomic mass is 31.1. The molecule has 5 rings (SSSR count). The van der Waals surface area contributed by atoms with Crippen LogP contribution in [-0.2, 0) is 0 Å². The van der Waals surface area contributed by atoms with Gasteiger partial charge in [-0.05, 0) is 53.4 Å². The van der Waals surface area contributed by atoms with Gasteiger partial charge in [0, 0.05) is 6.07 Å². The summed E-state index contributed by atoms with van der Waals surface area (Å²) in [6.45, 7) is 0. The smallest absolute Gasteiger partial charge is 0.142 e. The van der Waals surface area contributed by atoms with E-state index in [-0.39, 0.29) is 7.92 Å². The van der Waals surface area contributed by atoms with Gasteiger partial charge in [-0.2, -0.15) is 0 Å². The van der Waals surface area contributed by atoms with Crippen LogP contribution in [0.2, 0.25) is 0 Å². The first kappa shape index (κ1) is 26.1. The lowest BCUT2D eigenvalue weighted by Crippen LogP contribution is -2.27. The topological polar surface area (TPSA) is 27.7 Å². The summed E-state index contributed by atoms with van der Waals surface area (Å²) in [6.07, 6.45) is 13.8. The molecule has 0 N–H and O–H groups in total. The van der Waals surface area contributed by atoms with Crippen molar-refractivity contribution in [3.05, 3.63) is 60.7 Å². The molecule has 2 fully saturated rings. The van der Waals surface area contributed by atoms with Crippen LogP contribution < -0.4 is 19.5 Å². The number of hydrogen-bond acceptors (Lipinski definition) is 3. The van der Waals surface area contributed by atoms with Gasteiger partial charge in [-0.1, -0.05) is 101 Å². The van der Waals surface area contributed by atoms with E-state index in [2.05, 4.69) is 48.5 Å². The van der Waals surface area contributed by atoms with Crippen LogP contribution >= 0.6 is 7.92 Å². The van der Waals surface area contributed by atoms with Crippen LogP contribution in [0.4, 0.5) is 0 Å². The van der Waals surface area contributed by atoms with Gasteiger partial charge in [-0.15, -0.1) is 0 Å². The Morgan fingerprint density at radius 1 is 0.595 bits per heavy atom. The van der Waals surface area contributed by atoms with E-state index in [0.29, 0.717) is 0 Å². The molecule has 0 atom stereocenters. The molecule has 0 bridgehead atoms. The van der Waals surface area contributed by atoms with Crippen molar-refractivity contribution >= 4 is 13.2 Å². The Labute approximate surface area is 224 Å². The molecule has 2 aliphatic carbocycles. The molecule has 0 heterocycles. The summed E-state index contributed by atoms with van der Waals surface area (Å²) < 4.78 is 18.2. The summed E-state index contributed by atoms with van der Waals surface area (Å²) in [5.41, 5.74) is 6.03. The molecule has 3 nitrogen and oxygen atoms in total. The predicted molar refractivity (Wildman–Crippen MR) is 157 cm³/mol. The summed E-state index contributed by atoms with van der Waals surface area (Å²) in [5, 5.41) is 1.54. The van der Waals surface area contributed by atoms with Crippen LogP contribution in [0.1, 0.15) is 64.2 Å². The zero-order chi connectivity index (χ0) is 25.6. The normalized spacial score (nSPS) is 17.1. The van der Waals surface area contributed by atoms with Gasteiger partial charge in [0.25, 0.3) is 0 Å². The number of ether oxygens (including phenoxy) is 3. The highest BCUT2D eigenvalue weighted by molar-refractivity contribution is 7.67. The van der Waals surface area contributed by atoms with Crippen molar-refractivity contribution in [2.24, 2.45) is 0 Å². The minimum atomic E-state index is -0.289. The molecule has 2 aliphatic rings. The van der Waals surface area contributed by atoms with Crippen molar-refractivity contribution in [3.8, 4) is 39.5 Å². The van der Waals surface area contributed by atoms with Crippen molar-refractivity contribution < 1.29 is 14.2 Å². The van der Waals surface area contributed by atoms with Crippen LogP contribution in [0.15, 0.2) is 60.7 Å². The second-order valence-electron chi connectivity index (χ2n) is 10.4. The second kappa shape index (κ2) is 12.4. The monoisotopic (exact) mass is 516 g/mol. The Morgan fingerprint density at radius 3 is 1.70 bits per heavy atom. The standard InChI is InChI=1S/C33H41O3P/c1-34-28-23-29(35-2)32(33(36-3)31(28)24-15-7-4-8-16-24)27-21-13-14-22-30(27)37(25-17-9-5-10-18-25)26-19-11-6-12-20-26/h4,7-8,13-16,21-23,25-26H,5-6,9-12,17-20H2,1-3H3. The van der Waals surface area contributed by atoms with E-state index in [4.69, 9.17) is 14.2 Å². The maximum Gasteiger partial charge on any atom is 0.142 e. The Kier molecular flexibility index (Phi) is 8.72. The molecule has 2 saturated carbocycles. The first-order chi connectivity index (χ1) is 18.3. The molecular formula is C33H41O3P. The fourth-order valence-corrected chi connectivity index (χ4v) is 10.5. The molecule has 4 heteroatoms. The van der Waals surface area contributed by atoms with Gasteiger partial charge in [0.15, 0.2) is 0 Å². The number of rotatable bonds is 8. The average Bonchev–Trinajstić information content (AvgIpc) is 2.98. The van der Waals surface area contributed by atoms with E-state index in [9.17, 15) is 0 Å². The molecule has 0 unspecified atom stereocenters. The van der Waals surface area contributed by atoms with Crippen molar-refractivity contribution in [3.63, 3.8) is 0 Å². The van der Waals surface area contributed by atoms with E-state index in [1.165, 1.54) is 75.1 Å². The summed E-state index contributed by atoms with van der Waals surface area (Å²) in [5.74, 6) is 2.41. The summed E-state index contributed by atoms with van der Waals surface area (Å²) in [4.78, 5) is 0. The number of methoxy groups -OCH3 is 3. The van der Waals surface area contributed by atoms with E-state index in [1.54, 1.807) is 21.3 Å². The quantitative estimate of drug-likeness (QED) is 0.280. The predicted octanol–water partition coefficient (Wildman–Crippen LogP) is 8.82. The Hall–Kier alpha value is -2.51. The van der Waals surface area contributed by atoms with Crippen LogP contribution in [0, 0.1) is 0 Å². The van der Waals surface area contributed by atoms with Crippen LogP contribution in [-0.4, -0.2) is 32.6 Å². The highest BCUT2D eigenvalue weighted by Gasteiger charge is 2.35. The van der Waals surface area contributed by atoms with Crippen molar-refractivity contribution in [1.29, 1.82) is 0 Å². The molecule has 0 aromatic heterocycles. The third kappa shape index (κ3) is 5.39. The zero-order valence-electron chi connectivity index (χ0n) is 22.7. The maximum atomic E-state index is 6.24. The minimum absolute atomic E-state index is 0.289. The third-order valence-electron chi connectivity index (χ3n) is 8.30.